The van der Waals surface area contributed by atoms with Crippen LogP contribution in [0.5, 0.6) is 0 Å². The molecule has 0 amide bonds. The minimum absolute atomic E-state index is 0.509. The largest absolute Gasteiger partial charge is 0.384 e. The number of anilines is 1. The Labute approximate surface area is 130 Å². The van der Waals surface area contributed by atoms with Crippen molar-refractivity contribution in [3.05, 3.63) is 23.9 Å². The van der Waals surface area contributed by atoms with Crippen molar-refractivity contribution in [3.63, 3.8) is 0 Å². The molecule has 2 rings (SSSR count). The summed E-state index contributed by atoms with van der Waals surface area (Å²) in [6.45, 7) is 7.88. The number of pyridine rings is 1. The molecule has 0 aliphatic carbocycles. The first-order valence-electron chi connectivity index (χ1n) is 7.31. The van der Waals surface area contributed by atoms with E-state index in [9.17, 15) is 0 Å². The SMILES string of the molecule is CCNC(Cc1ccnc(N)c1)C1CSC(C)C(C)S1. The Hall–Kier alpha value is -0.390. The number of hydrogen-bond donors (Lipinski definition) is 2. The van der Waals surface area contributed by atoms with Crippen LogP contribution in [0.15, 0.2) is 18.3 Å². The van der Waals surface area contributed by atoms with Gasteiger partial charge in [0.15, 0.2) is 0 Å². The fourth-order valence-electron chi connectivity index (χ4n) is 2.49. The third-order valence-corrected chi connectivity index (χ3v) is 7.34. The summed E-state index contributed by atoms with van der Waals surface area (Å²) >= 11 is 4.24. The summed E-state index contributed by atoms with van der Waals surface area (Å²) < 4.78 is 0. The Bertz CT molecular complexity index is 427. The van der Waals surface area contributed by atoms with Gasteiger partial charge in [0.05, 0.1) is 0 Å². The summed E-state index contributed by atoms with van der Waals surface area (Å²) in [4.78, 5) is 4.08. The lowest BCUT2D eigenvalue weighted by molar-refractivity contribution is 0.520. The first kappa shape index (κ1) is 16.0. The molecule has 0 radical (unpaired) electrons. The van der Waals surface area contributed by atoms with Crippen molar-refractivity contribution in [1.82, 2.24) is 10.3 Å². The Morgan fingerprint density at radius 3 is 2.90 bits per heavy atom. The second-order valence-electron chi connectivity index (χ2n) is 5.38. The minimum atomic E-state index is 0.509. The van der Waals surface area contributed by atoms with Gasteiger partial charge in [-0.3, -0.25) is 0 Å². The van der Waals surface area contributed by atoms with E-state index in [4.69, 9.17) is 5.73 Å². The van der Waals surface area contributed by atoms with Gasteiger partial charge in [0.25, 0.3) is 0 Å². The highest BCUT2D eigenvalue weighted by Gasteiger charge is 2.30. The molecule has 4 atom stereocenters. The normalized spacial score (nSPS) is 28.2. The van der Waals surface area contributed by atoms with Gasteiger partial charge in [-0.1, -0.05) is 20.8 Å². The Morgan fingerprint density at radius 2 is 2.25 bits per heavy atom. The lowest BCUT2D eigenvalue weighted by atomic mass is 10.0. The predicted molar refractivity (Wildman–Crippen MR) is 92.6 cm³/mol. The number of nitrogens with zero attached hydrogens (tertiary/aromatic N) is 1. The van der Waals surface area contributed by atoms with Gasteiger partial charge in [-0.25, -0.2) is 4.98 Å². The molecule has 1 aromatic rings. The molecular weight excluding hydrogens is 286 g/mol. The predicted octanol–water partition coefficient (Wildman–Crippen LogP) is 2.81. The van der Waals surface area contributed by atoms with Crippen LogP contribution in [0.1, 0.15) is 26.3 Å². The molecule has 20 heavy (non-hydrogen) atoms. The molecule has 0 saturated carbocycles. The monoisotopic (exact) mass is 311 g/mol. The van der Waals surface area contributed by atoms with Crippen molar-refractivity contribution in [3.8, 4) is 0 Å². The quantitative estimate of drug-likeness (QED) is 0.876. The van der Waals surface area contributed by atoms with E-state index in [-0.39, 0.29) is 0 Å². The topological polar surface area (TPSA) is 50.9 Å². The van der Waals surface area contributed by atoms with Gasteiger partial charge in [0, 0.05) is 33.7 Å². The average molecular weight is 312 g/mol. The molecule has 1 aliphatic heterocycles. The summed E-state index contributed by atoms with van der Waals surface area (Å²) in [5, 5.41) is 5.81. The van der Waals surface area contributed by atoms with Gasteiger partial charge in [-0.2, -0.15) is 23.5 Å². The summed E-state index contributed by atoms with van der Waals surface area (Å²) in [5.41, 5.74) is 7.06. The first-order valence-corrected chi connectivity index (χ1v) is 9.30. The molecule has 4 unspecified atom stereocenters. The van der Waals surface area contributed by atoms with Crippen LogP contribution < -0.4 is 11.1 Å². The van der Waals surface area contributed by atoms with Gasteiger partial charge in [0.2, 0.25) is 0 Å². The van der Waals surface area contributed by atoms with Crippen LogP contribution in [0.25, 0.3) is 0 Å². The number of nitrogen functional groups attached to an aromatic ring is 1. The van der Waals surface area contributed by atoms with E-state index in [0.29, 0.717) is 17.1 Å². The number of likely N-dealkylation sites (N-methyl/N-ethyl adjacent to an activating group) is 1. The first-order chi connectivity index (χ1) is 9.60. The Kier molecular flexibility index (Phi) is 6.05. The number of thioether (sulfide) groups is 2. The van der Waals surface area contributed by atoms with E-state index in [1.807, 2.05) is 6.07 Å². The summed E-state index contributed by atoms with van der Waals surface area (Å²) in [7, 11) is 0. The number of rotatable bonds is 5. The van der Waals surface area contributed by atoms with Crippen molar-refractivity contribution in [2.75, 3.05) is 18.0 Å². The summed E-state index contributed by atoms with van der Waals surface area (Å²) in [6, 6.07) is 4.58. The fourth-order valence-corrected chi connectivity index (χ4v) is 5.62. The zero-order valence-corrected chi connectivity index (χ0v) is 14.1. The van der Waals surface area contributed by atoms with Crippen LogP contribution in [-0.4, -0.2) is 39.1 Å². The summed E-state index contributed by atoms with van der Waals surface area (Å²) in [6.07, 6.45) is 2.83. The van der Waals surface area contributed by atoms with E-state index in [2.05, 4.69) is 60.7 Å². The maximum atomic E-state index is 5.79. The van der Waals surface area contributed by atoms with Gasteiger partial charge in [0.1, 0.15) is 5.82 Å². The van der Waals surface area contributed by atoms with Crippen molar-refractivity contribution in [2.24, 2.45) is 0 Å². The number of nitrogens with two attached hydrogens (primary N) is 1. The molecule has 0 spiro atoms. The molecule has 112 valence electrons. The molecule has 0 aromatic carbocycles. The number of aromatic nitrogens is 1. The molecule has 1 aromatic heterocycles. The van der Waals surface area contributed by atoms with E-state index in [1.54, 1.807) is 6.20 Å². The molecule has 5 heteroatoms. The zero-order chi connectivity index (χ0) is 14.5. The van der Waals surface area contributed by atoms with E-state index in [1.165, 1.54) is 11.3 Å². The fraction of sp³-hybridized carbons (Fsp3) is 0.667. The van der Waals surface area contributed by atoms with Crippen LogP contribution in [0.4, 0.5) is 5.82 Å². The van der Waals surface area contributed by atoms with Crippen molar-refractivity contribution < 1.29 is 0 Å². The van der Waals surface area contributed by atoms with Gasteiger partial charge in [-0.05, 0) is 30.7 Å². The molecule has 1 fully saturated rings. The third kappa shape index (κ3) is 4.30. The van der Waals surface area contributed by atoms with E-state index < -0.39 is 0 Å². The Morgan fingerprint density at radius 1 is 1.45 bits per heavy atom. The van der Waals surface area contributed by atoms with Crippen LogP contribution >= 0.6 is 23.5 Å². The molecule has 1 saturated heterocycles. The maximum Gasteiger partial charge on any atom is 0.123 e. The van der Waals surface area contributed by atoms with Crippen LogP contribution in [0.2, 0.25) is 0 Å². The van der Waals surface area contributed by atoms with Crippen molar-refractivity contribution in [2.45, 2.75) is 49.0 Å². The molecule has 3 N–H and O–H groups in total. The molecular formula is C15H25N3S2. The molecule has 1 aliphatic rings. The van der Waals surface area contributed by atoms with Crippen LogP contribution in [0, 0.1) is 0 Å². The maximum absolute atomic E-state index is 5.79. The number of nitrogens with one attached hydrogen (secondary N) is 1. The van der Waals surface area contributed by atoms with Gasteiger partial charge >= 0.3 is 0 Å². The van der Waals surface area contributed by atoms with Crippen LogP contribution in [0.3, 0.4) is 0 Å². The summed E-state index contributed by atoms with van der Waals surface area (Å²) in [5.74, 6) is 1.85. The van der Waals surface area contributed by atoms with Crippen LogP contribution in [-0.2, 0) is 6.42 Å². The van der Waals surface area contributed by atoms with Gasteiger partial charge < -0.3 is 11.1 Å². The Balaban J connectivity index is 2.03. The van der Waals surface area contributed by atoms with E-state index in [0.717, 1.165) is 23.5 Å². The van der Waals surface area contributed by atoms with Gasteiger partial charge in [-0.15, -0.1) is 0 Å². The lowest BCUT2D eigenvalue weighted by Crippen LogP contribution is -2.44. The highest BCUT2D eigenvalue weighted by molar-refractivity contribution is 8.07. The highest BCUT2D eigenvalue weighted by Crippen LogP contribution is 2.37. The van der Waals surface area contributed by atoms with Crippen molar-refractivity contribution in [1.29, 1.82) is 0 Å². The third-order valence-electron chi connectivity index (χ3n) is 3.79. The second kappa shape index (κ2) is 7.57. The standard InChI is InChI=1S/C15H25N3S2/c1-4-17-13(7-12-5-6-18-15(16)8-12)14-9-19-10(2)11(3)20-14/h5-6,8,10-11,13-14,17H,4,7,9H2,1-3H3,(H2,16,18). The molecule has 0 bridgehead atoms. The minimum Gasteiger partial charge on any atom is -0.384 e. The second-order valence-corrected chi connectivity index (χ2v) is 8.41. The number of hydrogen-bond acceptors (Lipinski definition) is 5. The van der Waals surface area contributed by atoms with E-state index >= 15 is 0 Å². The smallest absolute Gasteiger partial charge is 0.123 e. The average Bonchev–Trinajstić information content (AvgIpc) is 2.41. The lowest BCUT2D eigenvalue weighted by Gasteiger charge is -2.36. The van der Waals surface area contributed by atoms with Crippen molar-refractivity contribution >= 4 is 29.3 Å². The highest BCUT2D eigenvalue weighted by atomic mass is 32.2. The molecule has 2 heterocycles. The zero-order valence-electron chi connectivity index (χ0n) is 12.5. The molecule has 3 nitrogen and oxygen atoms in total.